The maximum absolute atomic E-state index is 10.6. The highest BCUT2D eigenvalue weighted by Crippen LogP contribution is 2.24. The van der Waals surface area contributed by atoms with Crippen molar-refractivity contribution in [1.82, 2.24) is 0 Å². The Morgan fingerprint density at radius 2 is 2.33 bits per heavy atom. The summed E-state index contributed by atoms with van der Waals surface area (Å²) in [4.78, 5) is 10.1. The average Bonchev–Trinajstić information content (AvgIpc) is 2.18. The molecule has 1 aromatic carbocycles. The standard InChI is InChI=1S/C10H10ClNO3/c1-2-9(12(14)15)6-7-5-8(11)3-4-10(7)13/h3-6,13H,2H2,1H3/b9-6+. The third-order valence-corrected chi connectivity index (χ3v) is 2.14. The van der Waals surface area contributed by atoms with Crippen molar-refractivity contribution in [2.24, 2.45) is 0 Å². The lowest BCUT2D eigenvalue weighted by Gasteiger charge is -2.00. The quantitative estimate of drug-likeness (QED) is 0.638. The van der Waals surface area contributed by atoms with Crippen LogP contribution in [0.5, 0.6) is 5.75 Å². The monoisotopic (exact) mass is 227 g/mol. The molecular formula is C10H10ClNO3. The fourth-order valence-electron chi connectivity index (χ4n) is 1.10. The highest BCUT2D eigenvalue weighted by molar-refractivity contribution is 6.30. The van der Waals surface area contributed by atoms with Crippen LogP contribution in [0.25, 0.3) is 6.08 Å². The molecule has 0 aliphatic heterocycles. The van der Waals surface area contributed by atoms with Gasteiger partial charge in [-0.25, -0.2) is 0 Å². The summed E-state index contributed by atoms with van der Waals surface area (Å²) >= 11 is 5.71. The number of allylic oxidation sites excluding steroid dienone is 1. The zero-order valence-corrected chi connectivity index (χ0v) is 8.86. The molecule has 5 heteroatoms. The Bertz CT molecular complexity index is 415. The van der Waals surface area contributed by atoms with E-state index >= 15 is 0 Å². The number of hydrogen-bond donors (Lipinski definition) is 1. The van der Waals surface area contributed by atoms with Crippen LogP contribution in [0.3, 0.4) is 0 Å². The Hall–Kier alpha value is -1.55. The summed E-state index contributed by atoms with van der Waals surface area (Å²) in [5.74, 6) is -0.0211. The van der Waals surface area contributed by atoms with Gasteiger partial charge in [-0.3, -0.25) is 10.1 Å². The second-order valence-corrected chi connectivity index (χ2v) is 3.39. The van der Waals surface area contributed by atoms with Crippen LogP contribution in [-0.4, -0.2) is 10.0 Å². The molecule has 80 valence electrons. The Labute approximate surface area is 92.0 Å². The van der Waals surface area contributed by atoms with Crippen molar-refractivity contribution in [2.75, 3.05) is 0 Å². The molecule has 1 N–H and O–H groups in total. The summed E-state index contributed by atoms with van der Waals surface area (Å²) in [5, 5.41) is 20.4. The summed E-state index contributed by atoms with van der Waals surface area (Å²) in [6.07, 6.45) is 1.61. The van der Waals surface area contributed by atoms with E-state index in [9.17, 15) is 15.2 Å². The Kier molecular flexibility index (Phi) is 3.68. The fraction of sp³-hybridized carbons (Fsp3) is 0.200. The second kappa shape index (κ2) is 4.79. The van der Waals surface area contributed by atoms with Gasteiger partial charge in [-0.15, -0.1) is 0 Å². The second-order valence-electron chi connectivity index (χ2n) is 2.95. The third-order valence-electron chi connectivity index (χ3n) is 1.91. The highest BCUT2D eigenvalue weighted by Gasteiger charge is 2.09. The molecular weight excluding hydrogens is 218 g/mol. The number of phenols is 1. The van der Waals surface area contributed by atoms with Gasteiger partial charge in [0.05, 0.1) is 4.92 Å². The van der Waals surface area contributed by atoms with Crippen molar-refractivity contribution >= 4 is 17.7 Å². The van der Waals surface area contributed by atoms with Gasteiger partial charge in [0.15, 0.2) is 0 Å². The smallest absolute Gasteiger partial charge is 0.246 e. The number of rotatable bonds is 3. The molecule has 0 saturated heterocycles. The summed E-state index contributed by atoms with van der Waals surface area (Å²) in [6.45, 7) is 1.68. The predicted octanol–water partition coefficient (Wildman–Crippen LogP) is 3.07. The minimum absolute atomic E-state index is 0.0211. The van der Waals surface area contributed by atoms with Crippen molar-refractivity contribution < 1.29 is 10.0 Å². The maximum atomic E-state index is 10.6. The van der Waals surface area contributed by atoms with Crippen LogP contribution in [0, 0.1) is 10.1 Å². The summed E-state index contributed by atoms with van der Waals surface area (Å²) < 4.78 is 0. The van der Waals surface area contributed by atoms with Gasteiger partial charge in [0.25, 0.3) is 0 Å². The molecule has 0 aliphatic carbocycles. The molecule has 0 amide bonds. The van der Waals surface area contributed by atoms with E-state index in [1.807, 2.05) is 0 Å². The van der Waals surface area contributed by atoms with Crippen molar-refractivity contribution in [3.8, 4) is 5.75 Å². The molecule has 1 rings (SSSR count). The van der Waals surface area contributed by atoms with Gasteiger partial charge in [-0.2, -0.15) is 0 Å². The molecule has 0 unspecified atom stereocenters. The summed E-state index contributed by atoms with van der Waals surface area (Å²) in [5.41, 5.74) is 0.392. The largest absolute Gasteiger partial charge is 0.507 e. The zero-order valence-electron chi connectivity index (χ0n) is 8.11. The van der Waals surface area contributed by atoms with E-state index in [4.69, 9.17) is 11.6 Å². The molecule has 15 heavy (non-hydrogen) atoms. The van der Waals surface area contributed by atoms with Crippen LogP contribution in [0.4, 0.5) is 0 Å². The molecule has 1 aromatic rings. The Balaban J connectivity index is 3.16. The third kappa shape index (κ3) is 2.95. The molecule has 0 spiro atoms. The lowest BCUT2D eigenvalue weighted by Crippen LogP contribution is -1.96. The van der Waals surface area contributed by atoms with Gasteiger partial charge in [0.2, 0.25) is 5.70 Å². The summed E-state index contributed by atoms with van der Waals surface area (Å²) in [6, 6.07) is 4.41. The number of phenolic OH excluding ortho intramolecular Hbond substituents is 1. The number of aromatic hydroxyl groups is 1. The number of benzene rings is 1. The van der Waals surface area contributed by atoms with Gasteiger partial charge in [-0.05, 0) is 18.2 Å². The minimum atomic E-state index is -0.472. The summed E-state index contributed by atoms with van der Waals surface area (Å²) in [7, 11) is 0. The first-order valence-corrected chi connectivity index (χ1v) is 4.76. The van der Waals surface area contributed by atoms with Gasteiger partial charge < -0.3 is 5.11 Å². The van der Waals surface area contributed by atoms with Crippen molar-refractivity contribution in [3.63, 3.8) is 0 Å². The number of nitrogens with zero attached hydrogens (tertiary/aromatic N) is 1. The molecule has 0 heterocycles. The molecule has 0 aliphatic rings. The minimum Gasteiger partial charge on any atom is -0.507 e. The lowest BCUT2D eigenvalue weighted by molar-refractivity contribution is -0.425. The molecule has 0 radical (unpaired) electrons. The van der Waals surface area contributed by atoms with Crippen molar-refractivity contribution in [1.29, 1.82) is 0 Å². The van der Waals surface area contributed by atoms with Crippen LogP contribution in [0.15, 0.2) is 23.9 Å². The Morgan fingerprint density at radius 3 is 2.87 bits per heavy atom. The van der Waals surface area contributed by atoms with Gasteiger partial charge in [0.1, 0.15) is 5.75 Å². The topological polar surface area (TPSA) is 63.4 Å². The zero-order chi connectivity index (χ0) is 11.4. The number of hydrogen-bond acceptors (Lipinski definition) is 3. The van der Waals surface area contributed by atoms with Crippen LogP contribution in [-0.2, 0) is 0 Å². The first kappa shape index (κ1) is 11.5. The van der Waals surface area contributed by atoms with Gasteiger partial charge in [-0.1, -0.05) is 18.5 Å². The predicted molar refractivity (Wildman–Crippen MR) is 58.4 cm³/mol. The molecule has 0 atom stereocenters. The van der Waals surface area contributed by atoms with E-state index in [1.54, 1.807) is 6.92 Å². The van der Waals surface area contributed by atoms with Crippen LogP contribution < -0.4 is 0 Å². The van der Waals surface area contributed by atoms with E-state index < -0.39 is 4.92 Å². The maximum Gasteiger partial charge on any atom is 0.246 e. The van der Waals surface area contributed by atoms with Crippen molar-refractivity contribution in [2.45, 2.75) is 13.3 Å². The lowest BCUT2D eigenvalue weighted by atomic mass is 10.1. The first-order chi connectivity index (χ1) is 7.04. The SMILES string of the molecule is CC/C(=C\c1cc(Cl)ccc1O)[N+](=O)[O-]. The molecule has 0 fully saturated rings. The van der Waals surface area contributed by atoms with Crippen LogP contribution in [0.1, 0.15) is 18.9 Å². The molecule has 0 aromatic heterocycles. The van der Waals surface area contributed by atoms with Crippen LogP contribution in [0.2, 0.25) is 5.02 Å². The van der Waals surface area contributed by atoms with E-state index in [2.05, 4.69) is 0 Å². The van der Waals surface area contributed by atoms with Crippen molar-refractivity contribution in [3.05, 3.63) is 44.6 Å². The average molecular weight is 228 g/mol. The van der Waals surface area contributed by atoms with E-state index in [0.717, 1.165) is 0 Å². The number of halogens is 1. The molecule has 0 bridgehead atoms. The fourth-order valence-corrected chi connectivity index (χ4v) is 1.28. The Morgan fingerprint density at radius 1 is 1.67 bits per heavy atom. The molecule has 4 nitrogen and oxygen atoms in total. The van der Waals surface area contributed by atoms with Gasteiger partial charge >= 0.3 is 0 Å². The highest BCUT2D eigenvalue weighted by atomic mass is 35.5. The van der Waals surface area contributed by atoms with Gasteiger partial charge in [0, 0.05) is 23.1 Å². The van der Waals surface area contributed by atoms with E-state index in [-0.39, 0.29) is 11.4 Å². The normalized spacial score (nSPS) is 11.5. The van der Waals surface area contributed by atoms with E-state index in [1.165, 1.54) is 24.3 Å². The number of nitro groups is 1. The van der Waals surface area contributed by atoms with Crippen LogP contribution >= 0.6 is 11.6 Å². The van der Waals surface area contributed by atoms with E-state index in [0.29, 0.717) is 17.0 Å². The molecule has 0 saturated carbocycles. The first-order valence-electron chi connectivity index (χ1n) is 4.38.